The Bertz CT molecular complexity index is 1760. The van der Waals surface area contributed by atoms with Crippen LogP contribution in [0.1, 0.15) is 317 Å². The Balaban J connectivity index is 5.27. The molecule has 0 radical (unpaired) electrons. The number of unbranched alkanes of at least 4 members (excludes halogenated alkanes) is 34. The van der Waals surface area contributed by atoms with Gasteiger partial charge in [0.1, 0.15) is 19.3 Å². The van der Waals surface area contributed by atoms with Gasteiger partial charge in [0.25, 0.3) is 0 Å². The fraction of sp³-hybridized carbons (Fsp3) is 0.881. The lowest BCUT2D eigenvalue weighted by atomic mass is 10.0. The van der Waals surface area contributed by atoms with E-state index in [1.807, 2.05) is 0 Å². The van der Waals surface area contributed by atoms with Gasteiger partial charge in [-0.3, -0.25) is 37.3 Å². The fourth-order valence-electron chi connectivity index (χ4n) is 9.57. The maximum Gasteiger partial charge on any atom is 0.472 e. The second kappa shape index (κ2) is 60.1. The van der Waals surface area contributed by atoms with Gasteiger partial charge in [-0.1, -0.05) is 264 Å². The van der Waals surface area contributed by atoms with Crippen LogP contribution in [-0.2, 0) is 65.4 Å². The summed E-state index contributed by atoms with van der Waals surface area (Å²) in [6, 6.07) is 0. The number of carbonyl (C=O) groups excluding carboxylic acids is 4. The molecule has 0 amide bonds. The van der Waals surface area contributed by atoms with Crippen LogP contribution in [0.3, 0.4) is 0 Å². The van der Waals surface area contributed by atoms with Crippen molar-refractivity contribution in [2.45, 2.75) is 335 Å². The number of aliphatic hydroxyl groups is 1. The van der Waals surface area contributed by atoms with E-state index < -0.39 is 97.5 Å². The highest BCUT2D eigenvalue weighted by molar-refractivity contribution is 7.47. The van der Waals surface area contributed by atoms with Crippen LogP contribution in [0.15, 0.2) is 24.3 Å². The summed E-state index contributed by atoms with van der Waals surface area (Å²) in [7, 11) is -9.90. The Morgan fingerprint density at radius 1 is 0.360 bits per heavy atom. The summed E-state index contributed by atoms with van der Waals surface area (Å²) in [5.41, 5.74) is 0. The molecule has 0 heterocycles. The first kappa shape index (κ1) is 83.5. The van der Waals surface area contributed by atoms with Crippen LogP contribution in [0.5, 0.6) is 0 Å². The van der Waals surface area contributed by atoms with Crippen molar-refractivity contribution in [3.63, 3.8) is 0 Å². The summed E-state index contributed by atoms with van der Waals surface area (Å²) < 4.78 is 68.0. The molecule has 5 atom stereocenters. The molecule has 0 aliphatic carbocycles. The smallest absolute Gasteiger partial charge is 0.462 e. The molecule has 0 bridgehead atoms. The first-order valence-electron chi connectivity index (χ1n) is 34.5. The van der Waals surface area contributed by atoms with Gasteiger partial charge in [0.05, 0.1) is 26.4 Å². The third kappa shape index (κ3) is 60.5. The largest absolute Gasteiger partial charge is 0.472 e. The Morgan fingerprint density at radius 3 is 0.953 bits per heavy atom. The minimum Gasteiger partial charge on any atom is -0.462 e. The standard InChI is InChI=1S/C67H126O17P2/c1-6-9-12-15-18-21-24-25-26-27-30-33-36-43-48-53-67(72)83-62(56-77-64(69)50-45-40-34-31-28-22-19-16-13-10-7-2)58-81-85(73,74)79-54-61(68)55-80-86(75,76)82-59-63(57-78-65(70)51-46-41-38-37-39-44-49-60(4)5)84-66(71)52-47-42-35-32-29-23-20-17-14-11-8-3/h21,24-26,60-63,68H,6-20,22-23,27-59H2,1-5H3,(H,73,74)(H,75,76)/b24-21-,26-25-/t61-,62-,63-/m1/s1. The minimum atomic E-state index is -4.95. The van der Waals surface area contributed by atoms with Crippen molar-refractivity contribution in [2.24, 2.45) is 5.92 Å². The van der Waals surface area contributed by atoms with Gasteiger partial charge in [-0.05, 0) is 57.3 Å². The van der Waals surface area contributed by atoms with Gasteiger partial charge < -0.3 is 33.8 Å². The zero-order chi connectivity index (χ0) is 63.5. The molecular formula is C67H126O17P2. The monoisotopic (exact) mass is 1260 g/mol. The maximum atomic E-state index is 13.0. The number of phosphoric acid groups is 2. The highest BCUT2D eigenvalue weighted by Gasteiger charge is 2.30. The van der Waals surface area contributed by atoms with Crippen LogP contribution in [0.2, 0.25) is 0 Å². The highest BCUT2D eigenvalue weighted by atomic mass is 31.2. The van der Waals surface area contributed by atoms with E-state index in [2.05, 4.69) is 58.9 Å². The van der Waals surface area contributed by atoms with E-state index in [1.54, 1.807) is 0 Å². The molecule has 17 nitrogen and oxygen atoms in total. The predicted octanol–water partition coefficient (Wildman–Crippen LogP) is 18.5. The number of aliphatic hydroxyl groups excluding tert-OH is 1. The third-order valence-corrected chi connectivity index (χ3v) is 16.8. The van der Waals surface area contributed by atoms with Gasteiger partial charge in [0.15, 0.2) is 12.2 Å². The average molecular weight is 1270 g/mol. The molecule has 0 aliphatic rings. The SMILES string of the molecule is CCCCCC/C=C\C=C/CCCCCCCC(=O)O[C@H](COC(=O)CCCCCCCCCCCCC)COP(=O)(O)OC[C@@H](O)COP(=O)(O)OC[C@@H](COC(=O)CCCCCCCCC(C)C)OC(=O)CCCCCCCCCCCCC. The molecule has 0 rings (SSSR count). The van der Waals surface area contributed by atoms with Crippen LogP contribution in [0.25, 0.3) is 0 Å². The molecule has 0 saturated carbocycles. The van der Waals surface area contributed by atoms with Crippen LogP contribution in [0, 0.1) is 5.92 Å². The number of rotatable bonds is 65. The van der Waals surface area contributed by atoms with Crippen LogP contribution in [-0.4, -0.2) is 96.7 Å². The molecule has 0 aromatic rings. The van der Waals surface area contributed by atoms with Crippen molar-refractivity contribution in [3.8, 4) is 0 Å². The normalized spacial score (nSPS) is 14.3. The van der Waals surface area contributed by atoms with Crippen LogP contribution >= 0.6 is 15.6 Å². The third-order valence-electron chi connectivity index (χ3n) is 14.9. The Hall–Kier alpha value is -2.46. The van der Waals surface area contributed by atoms with Crippen LogP contribution < -0.4 is 0 Å². The zero-order valence-electron chi connectivity index (χ0n) is 54.9. The molecule has 0 saturated heterocycles. The number of esters is 4. The second-order valence-corrected chi connectivity index (χ2v) is 26.9. The zero-order valence-corrected chi connectivity index (χ0v) is 56.7. The summed E-state index contributed by atoms with van der Waals surface area (Å²) in [4.78, 5) is 72.3. The number of allylic oxidation sites excluding steroid dienone is 4. The molecule has 0 spiro atoms. The van der Waals surface area contributed by atoms with E-state index in [-0.39, 0.29) is 25.7 Å². The van der Waals surface area contributed by atoms with E-state index in [0.717, 1.165) is 109 Å². The minimum absolute atomic E-state index is 0.0851. The quantitative estimate of drug-likeness (QED) is 0.0169. The number of carbonyl (C=O) groups is 4. The first-order chi connectivity index (χ1) is 41.5. The van der Waals surface area contributed by atoms with E-state index in [4.69, 9.17) is 37.0 Å². The molecule has 86 heavy (non-hydrogen) atoms. The van der Waals surface area contributed by atoms with Gasteiger partial charge in [-0.15, -0.1) is 0 Å². The Kier molecular flexibility index (Phi) is 58.4. The van der Waals surface area contributed by atoms with Gasteiger partial charge >= 0.3 is 39.5 Å². The topological polar surface area (TPSA) is 237 Å². The number of hydrogen-bond donors (Lipinski definition) is 3. The van der Waals surface area contributed by atoms with Crippen molar-refractivity contribution < 1.29 is 80.2 Å². The average Bonchev–Trinajstić information content (AvgIpc) is 3.63. The van der Waals surface area contributed by atoms with Crippen molar-refractivity contribution >= 4 is 39.5 Å². The molecule has 19 heteroatoms. The fourth-order valence-corrected chi connectivity index (χ4v) is 11.2. The molecular weight excluding hydrogens is 1140 g/mol. The lowest BCUT2D eigenvalue weighted by Gasteiger charge is -2.21. The molecule has 0 aromatic heterocycles. The van der Waals surface area contributed by atoms with Crippen molar-refractivity contribution in [3.05, 3.63) is 24.3 Å². The molecule has 0 aromatic carbocycles. The molecule has 506 valence electrons. The van der Waals surface area contributed by atoms with Gasteiger partial charge in [0.2, 0.25) is 0 Å². The summed E-state index contributed by atoms with van der Waals surface area (Å²) in [5.74, 6) is -1.48. The van der Waals surface area contributed by atoms with E-state index in [9.17, 15) is 43.2 Å². The lowest BCUT2D eigenvalue weighted by molar-refractivity contribution is -0.161. The van der Waals surface area contributed by atoms with E-state index >= 15 is 0 Å². The number of ether oxygens (including phenoxy) is 4. The van der Waals surface area contributed by atoms with Crippen LogP contribution in [0.4, 0.5) is 0 Å². The lowest BCUT2D eigenvalue weighted by Crippen LogP contribution is -2.30. The Morgan fingerprint density at radius 2 is 0.628 bits per heavy atom. The van der Waals surface area contributed by atoms with Crippen molar-refractivity contribution in [1.82, 2.24) is 0 Å². The van der Waals surface area contributed by atoms with Crippen molar-refractivity contribution in [2.75, 3.05) is 39.6 Å². The van der Waals surface area contributed by atoms with E-state index in [1.165, 1.54) is 122 Å². The predicted molar refractivity (Wildman–Crippen MR) is 344 cm³/mol. The molecule has 2 unspecified atom stereocenters. The van der Waals surface area contributed by atoms with Gasteiger partial charge in [-0.25, -0.2) is 9.13 Å². The second-order valence-electron chi connectivity index (χ2n) is 24.0. The number of hydrogen-bond acceptors (Lipinski definition) is 15. The summed E-state index contributed by atoms with van der Waals surface area (Å²) >= 11 is 0. The van der Waals surface area contributed by atoms with Crippen molar-refractivity contribution in [1.29, 1.82) is 0 Å². The maximum absolute atomic E-state index is 13.0. The Labute approximate surface area is 522 Å². The molecule has 3 N–H and O–H groups in total. The number of phosphoric ester groups is 2. The summed E-state index contributed by atoms with van der Waals surface area (Å²) in [5, 5.41) is 10.5. The molecule has 0 fully saturated rings. The van der Waals surface area contributed by atoms with Gasteiger partial charge in [-0.2, -0.15) is 0 Å². The molecule has 0 aliphatic heterocycles. The summed E-state index contributed by atoms with van der Waals surface area (Å²) in [6.07, 6.45) is 48.1. The van der Waals surface area contributed by atoms with Gasteiger partial charge in [0, 0.05) is 25.7 Å². The van der Waals surface area contributed by atoms with E-state index in [0.29, 0.717) is 31.6 Å². The first-order valence-corrected chi connectivity index (χ1v) is 37.4. The summed E-state index contributed by atoms with van der Waals surface area (Å²) in [6.45, 7) is 7.06. The highest BCUT2D eigenvalue weighted by Crippen LogP contribution is 2.45.